The van der Waals surface area contributed by atoms with Gasteiger partial charge in [0.15, 0.2) is 0 Å². The van der Waals surface area contributed by atoms with E-state index in [1.807, 2.05) is 0 Å². The van der Waals surface area contributed by atoms with E-state index in [0.717, 1.165) is 32.3 Å². The molecule has 3 atom stereocenters. The van der Waals surface area contributed by atoms with E-state index < -0.39 is 11.9 Å². The zero-order valence-electron chi connectivity index (χ0n) is 12.4. The van der Waals surface area contributed by atoms with Gasteiger partial charge >= 0.3 is 5.97 Å². The Morgan fingerprint density at radius 2 is 2.00 bits per heavy atom. The number of ether oxygens (including phenoxy) is 2. The lowest BCUT2D eigenvalue weighted by Crippen LogP contribution is -2.36. The Balaban J connectivity index is 1.53. The first-order valence-corrected chi connectivity index (χ1v) is 7.88. The number of amides is 1. The van der Waals surface area contributed by atoms with Gasteiger partial charge < -0.3 is 19.9 Å². The average molecular weight is 299 g/mol. The molecular formula is C15H25NO5. The number of rotatable bonds is 8. The van der Waals surface area contributed by atoms with Crippen molar-refractivity contribution in [1.29, 1.82) is 0 Å². The highest BCUT2D eigenvalue weighted by Crippen LogP contribution is 2.31. The highest BCUT2D eigenvalue weighted by atomic mass is 16.5. The summed E-state index contributed by atoms with van der Waals surface area (Å²) in [4.78, 5) is 23.0. The standard InChI is InChI=1S/C15H25NO5/c17-14(12-5-1-6-13(12)15(18)19)16-7-3-8-20-10-11-4-2-9-21-11/h11-13H,1-10H2,(H,16,17)(H,18,19). The van der Waals surface area contributed by atoms with Gasteiger partial charge in [0.1, 0.15) is 0 Å². The normalized spacial score (nSPS) is 28.7. The Morgan fingerprint density at radius 3 is 2.71 bits per heavy atom. The second-order valence-electron chi connectivity index (χ2n) is 5.84. The zero-order chi connectivity index (χ0) is 15.1. The molecule has 0 aromatic rings. The minimum absolute atomic E-state index is 0.126. The number of aliphatic carboxylic acids is 1. The molecule has 1 aliphatic carbocycles. The summed E-state index contributed by atoms with van der Waals surface area (Å²) in [6.07, 6.45) is 5.25. The molecule has 21 heavy (non-hydrogen) atoms. The number of hydrogen-bond donors (Lipinski definition) is 2. The number of carbonyl (C=O) groups excluding carboxylic acids is 1. The van der Waals surface area contributed by atoms with Crippen molar-refractivity contribution in [3.63, 3.8) is 0 Å². The summed E-state index contributed by atoms with van der Waals surface area (Å²) in [7, 11) is 0. The van der Waals surface area contributed by atoms with Crippen molar-refractivity contribution in [2.45, 2.75) is 44.6 Å². The fourth-order valence-corrected chi connectivity index (χ4v) is 3.08. The van der Waals surface area contributed by atoms with E-state index in [2.05, 4.69) is 5.32 Å². The first-order valence-electron chi connectivity index (χ1n) is 7.88. The zero-order valence-corrected chi connectivity index (χ0v) is 12.4. The third-order valence-electron chi connectivity index (χ3n) is 4.26. The molecule has 0 bridgehead atoms. The van der Waals surface area contributed by atoms with E-state index in [1.165, 1.54) is 0 Å². The summed E-state index contributed by atoms with van der Waals surface area (Å²) >= 11 is 0. The molecule has 2 N–H and O–H groups in total. The van der Waals surface area contributed by atoms with Gasteiger partial charge in [0.2, 0.25) is 5.91 Å². The van der Waals surface area contributed by atoms with Gasteiger partial charge in [0, 0.05) is 19.8 Å². The molecule has 1 saturated heterocycles. The lowest BCUT2D eigenvalue weighted by molar-refractivity contribution is -0.146. The third-order valence-corrected chi connectivity index (χ3v) is 4.26. The minimum atomic E-state index is -0.854. The van der Waals surface area contributed by atoms with Crippen molar-refractivity contribution in [3.8, 4) is 0 Å². The fraction of sp³-hybridized carbons (Fsp3) is 0.867. The molecule has 1 heterocycles. The lowest BCUT2D eigenvalue weighted by atomic mass is 9.95. The average Bonchev–Trinajstić information content (AvgIpc) is 3.12. The van der Waals surface area contributed by atoms with Crippen LogP contribution < -0.4 is 5.32 Å². The van der Waals surface area contributed by atoms with E-state index in [1.54, 1.807) is 0 Å². The van der Waals surface area contributed by atoms with Crippen LogP contribution >= 0.6 is 0 Å². The monoisotopic (exact) mass is 299 g/mol. The molecule has 0 aromatic carbocycles. The van der Waals surface area contributed by atoms with E-state index in [9.17, 15) is 9.59 Å². The fourth-order valence-electron chi connectivity index (χ4n) is 3.08. The van der Waals surface area contributed by atoms with Crippen LogP contribution in [-0.4, -0.2) is 49.5 Å². The Hall–Kier alpha value is -1.14. The summed E-state index contributed by atoms with van der Waals surface area (Å²) in [6.45, 7) is 2.58. The Morgan fingerprint density at radius 1 is 1.19 bits per heavy atom. The Bertz CT molecular complexity index is 354. The molecule has 0 aromatic heterocycles. The van der Waals surface area contributed by atoms with Gasteiger partial charge in [0.25, 0.3) is 0 Å². The number of carbonyl (C=O) groups is 2. The second-order valence-corrected chi connectivity index (χ2v) is 5.84. The molecular weight excluding hydrogens is 274 g/mol. The molecule has 2 rings (SSSR count). The number of nitrogens with one attached hydrogen (secondary N) is 1. The number of carboxylic acids is 1. The van der Waals surface area contributed by atoms with Gasteiger partial charge in [-0.3, -0.25) is 9.59 Å². The third kappa shape index (κ3) is 4.97. The van der Waals surface area contributed by atoms with Gasteiger partial charge in [0.05, 0.1) is 24.5 Å². The highest BCUT2D eigenvalue weighted by molar-refractivity contribution is 5.85. The largest absolute Gasteiger partial charge is 0.481 e. The SMILES string of the molecule is O=C(O)C1CCCC1C(=O)NCCCOCC1CCCO1. The second kappa shape index (κ2) is 8.34. The molecule has 0 spiro atoms. The van der Waals surface area contributed by atoms with Crippen molar-refractivity contribution in [3.05, 3.63) is 0 Å². The maximum absolute atomic E-state index is 12.0. The summed E-state index contributed by atoms with van der Waals surface area (Å²) < 4.78 is 11.0. The summed E-state index contributed by atoms with van der Waals surface area (Å²) in [5.74, 6) is -1.86. The molecule has 1 amide bonds. The molecule has 120 valence electrons. The topological polar surface area (TPSA) is 84.9 Å². The van der Waals surface area contributed by atoms with Crippen molar-refractivity contribution in [2.24, 2.45) is 11.8 Å². The predicted octanol–water partition coefficient (Wildman–Crippen LogP) is 1.19. The van der Waals surface area contributed by atoms with Crippen LogP contribution in [0.4, 0.5) is 0 Å². The van der Waals surface area contributed by atoms with Crippen molar-refractivity contribution < 1.29 is 24.2 Å². The maximum Gasteiger partial charge on any atom is 0.307 e. The molecule has 6 heteroatoms. The molecule has 6 nitrogen and oxygen atoms in total. The summed E-state index contributed by atoms with van der Waals surface area (Å²) in [5, 5.41) is 11.9. The molecule has 3 unspecified atom stereocenters. The number of carboxylic acid groups (broad SMARTS) is 1. The molecule has 1 saturated carbocycles. The lowest BCUT2D eigenvalue weighted by Gasteiger charge is -2.15. The van der Waals surface area contributed by atoms with Gasteiger partial charge in [-0.2, -0.15) is 0 Å². The van der Waals surface area contributed by atoms with Gasteiger partial charge in [-0.25, -0.2) is 0 Å². The van der Waals surface area contributed by atoms with Crippen molar-refractivity contribution >= 4 is 11.9 Å². The van der Waals surface area contributed by atoms with Crippen LogP contribution in [-0.2, 0) is 19.1 Å². The Labute approximate surface area is 125 Å². The van der Waals surface area contributed by atoms with Crippen molar-refractivity contribution in [1.82, 2.24) is 5.32 Å². The smallest absolute Gasteiger partial charge is 0.307 e. The summed E-state index contributed by atoms with van der Waals surface area (Å²) in [5.41, 5.74) is 0. The molecule has 2 fully saturated rings. The van der Waals surface area contributed by atoms with E-state index in [4.69, 9.17) is 14.6 Å². The Kier molecular flexibility index (Phi) is 6.45. The molecule has 2 aliphatic rings. The molecule has 1 aliphatic heterocycles. The van der Waals surface area contributed by atoms with Crippen LogP contribution in [0.3, 0.4) is 0 Å². The predicted molar refractivity (Wildman–Crippen MR) is 75.9 cm³/mol. The van der Waals surface area contributed by atoms with Crippen LogP contribution in [0.25, 0.3) is 0 Å². The van der Waals surface area contributed by atoms with Crippen LogP contribution in [0.2, 0.25) is 0 Å². The first-order chi connectivity index (χ1) is 10.2. The minimum Gasteiger partial charge on any atom is -0.481 e. The number of hydrogen-bond acceptors (Lipinski definition) is 4. The van der Waals surface area contributed by atoms with E-state index >= 15 is 0 Å². The van der Waals surface area contributed by atoms with Gasteiger partial charge in [-0.15, -0.1) is 0 Å². The first kappa shape index (κ1) is 16.2. The quantitative estimate of drug-likeness (QED) is 0.658. The van der Waals surface area contributed by atoms with Crippen LogP contribution in [0, 0.1) is 11.8 Å². The maximum atomic E-state index is 12.0. The van der Waals surface area contributed by atoms with Crippen LogP contribution in [0.5, 0.6) is 0 Å². The highest BCUT2D eigenvalue weighted by Gasteiger charge is 2.37. The van der Waals surface area contributed by atoms with Gasteiger partial charge in [-0.1, -0.05) is 6.42 Å². The van der Waals surface area contributed by atoms with Crippen molar-refractivity contribution in [2.75, 3.05) is 26.4 Å². The van der Waals surface area contributed by atoms with E-state index in [0.29, 0.717) is 32.6 Å². The van der Waals surface area contributed by atoms with Gasteiger partial charge in [-0.05, 0) is 32.1 Å². The summed E-state index contributed by atoms with van der Waals surface area (Å²) in [6, 6.07) is 0. The van der Waals surface area contributed by atoms with Crippen LogP contribution in [0.1, 0.15) is 38.5 Å². The van der Waals surface area contributed by atoms with E-state index in [-0.39, 0.29) is 17.9 Å². The van der Waals surface area contributed by atoms with Crippen LogP contribution in [0.15, 0.2) is 0 Å². The molecule has 0 radical (unpaired) electrons.